The Bertz CT molecular complexity index is 876. The zero-order chi connectivity index (χ0) is 27.1. The molecule has 4 heteroatoms. The number of hydrogen-bond donors (Lipinski definition) is 0. The lowest BCUT2D eigenvalue weighted by atomic mass is 9.46. The third-order valence-electron chi connectivity index (χ3n) is 11.9. The first-order chi connectivity index (χ1) is 17.4. The van der Waals surface area contributed by atoms with E-state index in [0.717, 1.165) is 48.9 Å². The fraction of sp³-hybridized carbons (Fsp3) is 0.879. The van der Waals surface area contributed by atoms with Gasteiger partial charge in [-0.15, -0.1) is 0 Å². The second kappa shape index (κ2) is 11.0. The average molecular weight is 515 g/mol. The van der Waals surface area contributed by atoms with Crippen molar-refractivity contribution in [3.05, 3.63) is 11.6 Å². The summed E-state index contributed by atoms with van der Waals surface area (Å²) in [6.07, 6.45) is 13.9. The molecule has 3 saturated carbocycles. The Morgan fingerprint density at radius 1 is 0.946 bits per heavy atom. The van der Waals surface area contributed by atoms with Crippen LogP contribution >= 0.6 is 0 Å². The molecule has 0 aromatic rings. The van der Waals surface area contributed by atoms with Crippen LogP contribution in [0.4, 0.5) is 0 Å². The number of fused-ring (bicyclic) bond motifs is 5. The Morgan fingerprint density at radius 3 is 2.27 bits per heavy atom. The van der Waals surface area contributed by atoms with E-state index in [9.17, 15) is 9.59 Å². The number of rotatable bonds is 8. The van der Waals surface area contributed by atoms with E-state index in [1.807, 2.05) is 0 Å². The summed E-state index contributed by atoms with van der Waals surface area (Å²) in [5.74, 6) is 4.84. The minimum absolute atomic E-state index is 0.0241. The van der Waals surface area contributed by atoms with Crippen molar-refractivity contribution in [1.29, 1.82) is 0 Å². The lowest BCUT2D eigenvalue weighted by Crippen LogP contribution is -2.55. The van der Waals surface area contributed by atoms with E-state index in [-0.39, 0.29) is 23.5 Å². The minimum atomic E-state index is -0.432. The van der Waals surface area contributed by atoms with Crippen LogP contribution in [-0.4, -0.2) is 24.1 Å². The predicted octanol–water partition coefficient (Wildman–Crippen LogP) is 8.14. The lowest BCUT2D eigenvalue weighted by molar-refractivity contribution is -0.170. The van der Waals surface area contributed by atoms with Gasteiger partial charge in [-0.1, -0.05) is 60.5 Å². The minimum Gasteiger partial charge on any atom is -0.458 e. The van der Waals surface area contributed by atoms with Gasteiger partial charge in [0.2, 0.25) is 0 Å². The van der Waals surface area contributed by atoms with Crippen LogP contribution in [0.1, 0.15) is 120 Å². The van der Waals surface area contributed by atoms with Gasteiger partial charge >= 0.3 is 11.9 Å². The van der Waals surface area contributed by atoms with Crippen LogP contribution in [0.3, 0.4) is 0 Å². The summed E-state index contributed by atoms with van der Waals surface area (Å²) in [5.41, 5.74) is 1.70. The molecule has 0 radical (unpaired) electrons. The maximum atomic E-state index is 12.1. The van der Waals surface area contributed by atoms with Gasteiger partial charge in [0.15, 0.2) is 6.10 Å². The summed E-state index contributed by atoms with van der Waals surface area (Å²) in [6, 6.07) is 0. The first-order valence-electron chi connectivity index (χ1n) is 15.5. The van der Waals surface area contributed by atoms with Gasteiger partial charge in [-0.3, -0.25) is 9.59 Å². The molecule has 37 heavy (non-hydrogen) atoms. The SMILES string of the molecule is CCC(CCC(C)C1CCC2C3CC=C4C(OC(C)=O)C(OC(C)=O)CCC4(C)C3CCC12C)C(C)C. The third kappa shape index (κ3) is 5.29. The Balaban J connectivity index is 1.53. The summed E-state index contributed by atoms with van der Waals surface area (Å²) >= 11 is 0. The average Bonchev–Trinajstić information content (AvgIpc) is 3.17. The number of allylic oxidation sites excluding steroid dienone is 1. The molecule has 0 bridgehead atoms. The highest BCUT2D eigenvalue weighted by Gasteiger charge is 2.60. The molecule has 0 saturated heterocycles. The van der Waals surface area contributed by atoms with Gasteiger partial charge in [0.25, 0.3) is 0 Å². The lowest BCUT2D eigenvalue weighted by Gasteiger charge is -2.59. The van der Waals surface area contributed by atoms with Crippen molar-refractivity contribution in [3.8, 4) is 0 Å². The van der Waals surface area contributed by atoms with Crippen molar-refractivity contribution >= 4 is 11.9 Å². The Hall–Kier alpha value is -1.32. The standard InChI is InChI=1S/C33H54O4/c1-9-24(20(2)3)11-10-21(4)26-14-15-27-25-12-13-29-31(37-23(6)35)30(36-22(5)34)17-19-33(29,8)28(25)16-18-32(26,27)7/h13,20-21,24-28,30-31H,9-12,14-19H2,1-8H3. The van der Waals surface area contributed by atoms with Gasteiger partial charge in [0, 0.05) is 13.8 Å². The van der Waals surface area contributed by atoms with Crippen molar-refractivity contribution in [1.82, 2.24) is 0 Å². The molecule has 4 rings (SSSR count). The normalized spacial score (nSPS) is 40.6. The van der Waals surface area contributed by atoms with Crippen molar-refractivity contribution in [2.75, 3.05) is 0 Å². The third-order valence-corrected chi connectivity index (χ3v) is 11.9. The van der Waals surface area contributed by atoms with Gasteiger partial charge < -0.3 is 9.47 Å². The molecule has 0 aromatic carbocycles. The predicted molar refractivity (Wildman–Crippen MR) is 149 cm³/mol. The largest absolute Gasteiger partial charge is 0.458 e. The molecule has 210 valence electrons. The van der Waals surface area contributed by atoms with Gasteiger partial charge in [0.1, 0.15) is 6.10 Å². The number of carbonyl (C=O) groups is 2. The zero-order valence-electron chi connectivity index (χ0n) is 25.0. The zero-order valence-corrected chi connectivity index (χ0v) is 25.0. The number of ether oxygens (including phenoxy) is 2. The first kappa shape index (κ1) is 28.7. The smallest absolute Gasteiger partial charge is 0.303 e. The molecule has 0 aliphatic heterocycles. The molecule has 0 N–H and O–H groups in total. The maximum Gasteiger partial charge on any atom is 0.303 e. The van der Waals surface area contributed by atoms with Crippen molar-refractivity contribution in [3.63, 3.8) is 0 Å². The van der Waals surface area contributed by atoms with Gasteiger partial charge in [-0.2, -0.15) is 0 Å². The summed E-state index contributed by atoms with van der Waals surface area (Å²) in [5, 5.41) is 0. The monoisotopic (exact) mass is 514 g/mol. The van der Waals surface area contributed by atoms with Crippen molar-refractivity contribution in [2.24, 2.45) is 52.3 Å². The van der Waals surface area contributed by atoms with Crippen LogP contribution in [0.5, 0.6) is 0 Å². The summed E-state index contributed by atoms with van der Waals surface area (Å²) in [4.78, 5) is 23.9. The second-order valence-corrected chi connectivity index (χ2v) is 14.1. The second-order valence-electron chi connectivity index (χ2n) is 14.1. The van der Waals surface area contributed by atoms with E-state index >= 15 is 0 Å². The number of hydrogen-bond acceptors (Lipinski definition) is 4. The van der Waals surface area contributed by atoms with E-state index < -0.39 is 6.10 Å². The van der Waals surface area contributed by atoms with Crippen LogP contribution in [0.2, 0.25) is 0 Å². The van der Waals surface area contributed by atoms with Crippen LogP contribution in [0.25, 0.3) is 0 Å². The molecule has 10 atom stereocenters. The van der Waals surface area contributed by atoms with E-state index in [1.165, 1.54) is 64.4 Å². The Labute approximate surface area is 226 Å². The van der Waals surface area contributed by atoms with Gasteiger partial charge in [0.05, 0.1) is 0 Å². The number of esters is 2. The van der Waals surface area contributed by atoms with Crippen molar-refractivity contribution < 1.29 is 19.1 Å². The van der Waals surface area contributed by atoms with Crippen molar-refractivity contribution in [2.45, 2.75) is 132 Å². The van der Waals surface area contributed by atoms with E-state index in [2.05, 4.69) is 47.6 Å². The van der Waals surface area contributed by atoms with Crippen LogP contribution in [0.15, 0.2) is 11.6 Å². The quantitative estimate of drug-likeness (QED) is 0.242. The molecular weight excluding hydrogens is 460 g/mol. The fourth-order valence-electron chi connectivity index (χ4n) is 10.00. The molecule has 10 unspecified atom stereocenters. The molecule has 4 aliphatic rings. The highest BCUT2D eigenvalue weighted by atomic mass is 16.6. The van der Waals surface area contributed by atoms with E-state index in [0.29, 0.717) is 17.3 Å². The van der Waals surface area contributed by atoms with Crippen LogP contribution in [0, 0.1) is 52.3 Å². The molecule has 4 nitrogen and oxygen atoms in total. The summed E-state index contributed by atoms with van der Waals surface area (Å²) < 4.78 is 11.5. The topological polar surface area (TPSA) is 52.6 Å². The fourth-order valence-corrected chi connectivity index (χ4v) is 10.00. The molecule has 0 amide bonds. The Kier molecular flexibility index (Phi) is 8.56. The highest BCUT2D eigenvalue weighted by Crippen LogP contribution is 2.67. The highest BCUT2D eigenvalue weighted by molar-refractivity contribution is 5.68. The van der Waals surface area contributed by atoms with Gasteiger partial charge in [-0.25, -0.2) is 0 Å². The number of carbonyl (C=O) groups excluding carboxylic acids is 2. The van der Waals surface area contributed by atoms with Gasteiger partial charge in [-0.05, 0) is 109 Å². The molecule has 0 heterocycles. The van der Waals surface area contributed by atoms with Crippen LogP contribution in [-0.2, 0) is 19.1 Å². The maximum absolute atomic E-state index is 12.1. The summed E-state index contributed by atoms with van der Waals surface area (Å²) in [7, 11) is 0. The van der Waals surface area contributed by atoms with Crippen LogP contribution < -0.4 is 0 Å². The molecular formula is C33H54O4. The molecule has 0 spiro atoms. The summed E-state index contributed by atoms with van der Waals surface area (Å²) in [6.45, 7) is 17.7. The molecule has 4 aliphatic carbocycles. The Morgan fingerprint density at radius 2 is 1.65 bits per heavy atom. The molecule has 3 fully saturated rings. The van der Waals surface area contributed by atoms with E-state index in [4.69, 9.17) is 9.47 Å². The van der Waals surface area contributed by atoms with E-state index in [1.54, 1.807) is 0 Å². The molecule has 0 aromatic heterocycles. The first-order valence-corrected chi connectivity index (χ1v) is 15.5.